The molecule has 3 rings (SSSR count). The van der Waals surface area contributed by atoms with Gasteiger partial charge in [0.05, 0.1) is 12.1 Å². The van der Waals surface area contributed by atoms with E-state index in [0.717, 1.165) is 63.5 Å². The second-order valence-electron chi connectivity index (χ2n) is 6.38. The van der Waals surface area contributed by atoms with Crippen molar-refractivity contribution in [2.75, 3.05) is 26.2 Å². The summed E-state index contributed by atoms with van der Waals surface area (Å²) in [5.74, 6) is 2.38. The first kappa shape index (κ1) is 15.3. The zero-order valence-electron chi connectivity index (χ0n) is 13.3. The minimum atomic E-state index is -0.557. The maximum absolute atomic E-state index is 10.2. The van der Waals surface area contributed by atoms with E-state index < -0.39 is 5.60 Å². The Morgan fingerprint density at radius 3 is 2.82 bits per heavy atom. The molecular formula is C15H26N6O. The highest BCUT2D eigenvalue weighted by Gasteiger charge is 2.34. The number of piperidine rings is 1. The molecule has 1 aliphatic carbocycles. The summed E-state index contributed by atoms with van der Waals surface area (Å²) in [6.07, 6.45) is 6.54. The van der Waals surface area contributed by atoms with Crippen molar-refractivity contribution in [3.63, 3.8) is 0 Å². The molecular weight excluding hydrogens is 280 g/mol. The molecule has 0 amide bonds. The Kier molecular flexibility index (Phi) is 4.61. The van der Waals surface area contributed by atoms with E-state index in [4.69, 9.17) is 0 Å². The normalized spacial score (nSPS) is 22.5. The van der Waals surface area contributed by atoms with Gasteiger partial charge in [-0.1, -0.05) is 0 Å². The van der Waals surface area contributed by atoms with Gasteiger partial charge in [-0.15, -0.1) is 0 Å². The average Bonchev–Trinajstić information content (AvgIpc) is 3.04. The third-order valence-corrected chi connectivity index (χ3v) is 4.76. The maximum Gasteiger partial charge on any atom is 0.194 e. The molecule has 1 aromatic rings. The van der Waals surface area contributed by atoms with Crippen molar-refractivity contribution in [3.8, 4) is 0 Å². The summed E-state index contributed by atoms with van der Waals surface area (Å²) in [6.45, 7) is 5.34. The SMILES string of the molecule is CCNC(=NCC1(O)CCC1)N1CCC(c2ncn[nH]2)CC1. The Morgan fingerprint density at radius 1 is 1.50 bits per heavy atom. The van der Waals surface area contributed by atoms with Crippen LogP contribution in [0.5, 0.6) is 0 Å². The number of aliphatic imine (C=N–C) groups is 1. The van der Waals surface area contributed by atoms with Crippen LogP contribution in [0.2, 0.25) is 0 Å². The van der Waals surface area contributed by atoms with Crippen molar-refractivity contribution in [2.45, 2.75) is 50.5 Å². The first-order valence-electron chi connectivity index (χ1n) is 8.31. The van der Waals surface area contributed by atoms with Gasteiger partial charge in [0.1, 0.15) is 12.2 Å². The predicted octanol–water partition coefficient (Wildman–Crippen LogP) is 0.865. The van der Waals surface area contributed by atoms with Crippen molar-refractivity contribution in [2.24, 2.45) is 4.99 Å². The number of nitrogens with zero attached hydrogens (tertiary/aromatic N) is 4. The molecule has 0 aromatic carbocycles. The topological polar surface area (TPSA) is 89.4 Å². The zero-order chi connectivity index (χ0) is 15.4. The summed E-state index contributed by atoms with van der Waals surface area (Å²) < 4.78 is 0. The van der Waals surface area contributed by atoms with Crippen LogP contribution in [0.15, 0.2) is 11.3 Å². The highest BCUT2D eigenvalue weighted by molar-refractivity contribution is 5.80. The molecule has 122 valence electrons. The lowest BCUT2D eigenvalue weighted by Gasteiger charge is -2.37. The Hall–Kier alpha value is -1.63. The van der Waals surface area contributed by atoms with Gasteiger partial charge in [-0.05, 0) is 39.0 Å². The average molecular weight is 306 g/mol. The van der Waals surface area contributed by atoms with Crippen molar-refractivity contribution in [3.05, 3.63) is 12.2 Å². The van der Waals surface area contributed by atoms with Gasteiger partial charge < -0.3 is 15.3 Å². The molecule has 0 spiro atoms. The molecule has 1 saturated carbocycles. The lowest BCUT2D eigenvalue weighted by Crippen LogP contribution is -2.47. The number of likely N-dealkylation sites (tertiary alicyclic amines) is 1. The summed E-state index contributed by atoms with van der Waals surface area (Å²) in [7, 11) is 0. The molecule has 0 atom stereocenters. The number of nitrogens with one attached hydrogen (secondary N) is 2. The molecule has 1 aliphatic heterocycles. The summed E-state index contributed by atoms with van der Waals surface area (Å²) in [5, 5.41) is 20.5. The molecule has 7 heteroatoms. The van der Waals surface area contributed by atoms with E-state index in [1.165, 1.54) is 0 Å². The number of hydrogen-bond acceptors (Lipinski definition) is 4. The molecule has 2 heterocycles. The number of guanidine groups is 1. The number of hydrogen-bond donors (Lipinski definition) is 3. The minimum absolute atomic E-state index is 0.456. The molecule has 2 fully saturated rings. The van der Waals surface area contributed by atoms with Crippen molar-refractivity contribution < 1.29 is 5.11 Å². The molecule has 3 N–H and O–H groups in total. The van der Waals surface area contributed by atoms with E-state index in [2.05, 4.69) is 37.3 Å². The molecule has 7 nitrogen and oxygen atoms in total. The number of aromatic amines is 1. The van der Waals surface area contributed by atoms with Crippen molar-refractivity contribution >= 4 is 5.96 Å². The van der Waals surface area contributed by atoms with E-state index in [0.29, 0.717) is 12.5 Å². The number of H-pyrrole nitrogens is 1. The van der Waals surface area contributed by atoms with Gasteiger partial charge in [-0.25, -0.2) is 4.98 Å². The van der Waals surface area contributed by atoms with Crippen LogP contribution < -0.4 is 5.32 Å². The van der Waals surface area contributed by atoms with E-state index in [1.807, 2.05) is 0 Å². The van der Waals surface area contributed by atoms with Gasteiger partial charge in [0.15, 0.2) is 5.96 Å². The molecule has 22 heavy (non-hydrogen) atoms. The summed E-state index contributed by atoms with van der Waals surface area (Å²) >= 11 is 0. The predicted molar refractivity (Wildman–Crippen MR) is 84.7 cm³/mol. The van der Waals surface area contributed by atoms with Gasteiger partial charge in [0, 0.05) is 25.6 Å². The van der Waals surface area contributed by atoms with Gasteiger partial charge in [-0.3, -0.25) is 10.1 Å². The maximum atomic E-state index is 10.2. The third kappa shape index (κ3) is 3.40. The van der Waals surface area contributed by atoms with Gasteiger partial charge in [0.2, 0.25) is 0 Å². The molecule has 0 unspecified atom stereocenters. The minimum Gasteiger partial charge on any atom is -0.388 e. The third-order valence-electron chi connectivity index (χ3n) is 4.76. The van der Waals surface area contributed by atoms with E-state index in [-0.39, 0.29) is 0 Å². The Bertz CT molecular complexity index is 488. The van der Waals surface area contributed by atoms with Crippen LogP contribution >= 0.6 is 0 Å². The van der Waals surface area contributed by atoms with E-state index in [1.54, 1.807) is 6.33 Å². The lowest BCUT2D eigenvalue weighted by molar-refractivity contribution is -0.0238. The first-order valence-corrected chi connectivity index (χ1v) is 8.31. The number of rotatable bonds is 4. The quantitative estimate of drug-likeness (QED) is 0.567. The van der Waals surface area contributed by atoms with E-state index in [9.17, 15) is 5.11 Å². The lowest BCUT2D eigenvalue weighted by atomic mass is 9.80. The Labute approximate surface area is 131 Å². The number of aliphatic hydroxyl groups is 1. The monoisotopic (exact) mass is 306 g/mol. The van der Waals surface area contributed by atoms with Crippen LogP contribution in [-0.2, 0) is 0 Å². The van der Waals surface area contributed by atoms with Gasteiger partial charge in [0.25, 0.3) is 0 Å². The van der Waals surface area contributed by atoms with E-state index >= 15 is 0 Å². The smallest absolute Gasteiger partial charge is 0.194 e. The van der Waals surface area contributed by atoms with Gasteiger partial charge in [-0.2, -0.15) is 5.10 Å². The largest absolute Gasteiger partial charge is 0.388 e. The molecule has 2 aliphatic rings. The van der Waals surface area contributed by atoms with Crippen LogP contribution in [0.3, 0.4) is 0 Å². The summed E-state index contributed by atoms with van der Waals surface area (Å²) in [6, 6.07) is 0. The van der Waals surface area contributed by atoms with Crippen LogP contribution in [0.25, 0.3) is 0 Å². The fraction of sp³-hybridized carbons (Fsp3) is 0.800. The van der Waals surface area contributed by atoms with Crippen LogP contribution in [0.4, 0.5) is 0 Å². The van der Waals surface area contributed by atoms with Crippen LogP contribution in [-0.4, -0.2) is 62.9 Å². The second-order valence-corrected chi connectivity index (χ2v) is 6.38. The summed E-state index contributed by atoms with van der Waals surface area (Å²) in [5.41, 5.74) is -0.557. The Balaban J connectivity index is 1.57. The molecule has 1 saturated heterocycles. The van der Waals surface area contributed by atoms with Crippen LogP contribution in [0.1, 0.15) is 50.8 Å². The molecule has 0 radical (unpaired) electrons. The fourth-order valence-electron chi connectivity index (χ4n) is 3.17. The Morgan fingerprint density at radius 2 is 2.27 bits per heavy atom. The van der Waals surface area contributed by atoms with Gasteiger partial charge >= 0.3 is 0 Å². The number of aromatic nitrogens is 3. The highest BCUT2D eigenvalue weighted by Crippen LogP contribution is 2.32. The standard InChI is InChI=1S/C15H26N6O/c1-2-16-14(17-10-15(22)6-3-7-15)21-8-4-12(5-9-21)13-18-11-19-20-13/h11-12,22H,2-10H2,1H3,(H,16,17)(H,18,19,20). The molecule has 1 aromatic heterocycles. The second kappa shape index (κ2) is 6.64. The summed E-state index contributed by atoms with van der Waals surface area (Å²) in [4.78, 5) is 11.2. The highest BCUT2D eigenvalue weighted by atomic mass is 16.3. The molecule has 0 bridgehead atoms. The van der Waals surface area contributed by atoms with Crippen LogP contribution in [0, 0.1) is 0 Å². The van der Waals surface area contributed by atoms with Crippen molar-refractivity contribution in [1.82, 2.24) is 25.4 Å². The fourth-order valence-corrected chi connectivity index (χ4v) is 3.17. The first-order chi connectivity index (χ1) is 10.7. The van der Waals surface area contributed by atoms with Crippen molar-refractivity contribution in [1.29, 1.82) is 0 Å². The zero-order valence-corrected chi connectivity index (χ0v) is 13.3.